The number of rotatable bonds is 4. The van der Waals surface area contributed by atoms with E-state index in [4.69, 9.17) is 0 Å². The molecule has 2 nitrogen and oxygen atoms in total. The molecule has 0 aliphatic heterocycles. The van der Waals surface area contributed by atoms with Crippen LogP contribution in [0.1, 0.15) is 0 Å². The molecule has 0 fully saturated rings. The molecule has 0 rings (SSSR count). The molecule has 0 amide bonds. The summed E-state index contributed by atoms with van der Waals surface area (Å²) in [5.41, 5.74) is 0. The molecule has 2 N–H and O–H groups in total. The fourth-order valence-electron chi connectivity index (χ4n) is 0.497. The second-order valence-electron chi connectivity index (χ2n) is 2.26. The third kappa shape index (κ3) is 11.5. The van der Waals surface area contributed by atoms with Gasteiger partial charge < -0.3 is 0 Å². The van der Waals surface area contributed by atoms with E-state index in [2.05, 4.69) is 0 Å². The molecule has 0 heterocycles. The van der Waals surface area contributed by atoms with E-state index in [1.807, 2.05) is 0 Å². The number of halogens is 6. The van der Waals surface area contributed by atoms with Gasteiger partial charge in [-0.25, -0.2) is 0 Å². The predicted octanol–water partition coefficient (Wildman–Crippen LogP) is 1.25. The monoisotopic (exact) mass is 210 g/mol. The van der Waals surface area contributed by atoms with E-state index >= 15 is 0 Å². The maximum Gasteiger partial charge on any atom is 0.401 e. The molecule has 0 saturated heterocycles. The first-order chi connectivity index (χ1) is 5.71. The van der Waals surface area contributed by atoms with E-state index in [0.29, 0.717) is 0 Å². The third-order valence-corrected chi connectivity index (χ3v) is 0.901. The molecule has 0 saturated carbocycles. The molecule has 80 valence electrons. The van der Waals surface area contributed by atoms with Gasteiger partial charge in [-0.05, 0) is 0 Å². The Bertz CT molecular complexity index is 123. The van der Waals surface area contributed by atoms with Gasteiger partial charge in [0.2, 0.25) is 0 Å². The van der Waals surface area contributed by atoms with Crippen molar-refractivity contribution in [2.75, 3.05) is 19.8 Å². The Morgan fingerprint density at radius 2 is 1.00 bits per heavy atom. The van der Waals surface area contributed by atoms with Gasteiger partial charge in [0.05, 0.1) is 13.1 Å². The lowest BCUT2D eigenvalue weighted by Crippen LogP contribution is -2.39. The average Bonchev–Trinajstić information content (AvgIpc) is 1.81. The van der Waals surface area contributed by atoms with E-state index in [9.17, 15) is 26.3 Å². The third-order valence-electron chi connectivity index (χ3n) is 0.901. The summed E-state index contributed by atoms with van der Waals surface area (Å²) in [5, 5.41) is 3.52. The van der Waals surface area contributed by atoms with Gasteiger partial charge in [-0.2, -0.15) is 26.3 Å². The van der Waals surface area contributed by atoms with E-state index in [0.717, 1.165) is 0 Å². The van der Waals surface area contributed by atoms with Gasteiger partial charge in [0, 0.05) is 6.67 Å². The van der Waals surface area contributed by atoms with Crippen molar-refractivity contribution in [1.82, 2.24) is 10.6 Å². The van der Waals surface area contributed by atoms with Gasteiger partial charge in [-0.3, -0.25) is 10.6 Å². The molecule has 13 heavy (non-hydrogen) atoms. The maximum atomic E-state index is 11.4. The number of hydrogen-bond donors (Lipinski definition) is 2. The van der Waals surface area contributed by atoms with Gasteiger partial charge in [0.15, 0.2) is 0 Å². The van der Waals surface area contributed by atoms with Crippen molar-refractivity contribution in [2.45, 2.75) is 12.4 Å². The summed E-state index contributed by atoms with van der Waals surface area (Å²) >= 11 is 0. The van der Waals surface area contributed by atoms with Crippen LogP contribution in [0.5, 0.6) is 0 Å². The molecule has 0 unspecified atom stereocenters. The van der Waals surface area contributed by atoms with Crippen molar-refractivity contribution in [2.24, 2.45) is 0 Å². The zero-order valence-corrected chi connectivity index (χ0v) is 6.39. The van der Waals surface area contributed by atoms with Crippen molar-refractivity contribution in [3.63, 3.8) is 0 Å². The summed E-state index contributed by atoms with van der Waals surface area (Å²) in [6.07, 6.45) is -8.81. The van der Waals surface area contributed by atoms with Gasteiger partial charge in [-0.1, -0.05) is 0 Å². The Labute approximate surface area is 70.3 Å². The Morgan fingerprint density at radius 3 is 1.23 bits per heavy atom. The highest BCUT2D eigenvalue weighted by molar-refractivity contribution is 4.57. The molecule has 0 aromatic carbocycles. The van der Waals surface area contributed by atoms with Crippen molar-refractivity contribution in [3.8, 4) is 0 Å². The Kier molecular flexibility index (Phi) is 4.48. The second kappa shape index (κ2) is 4.66. The Balaban J connectivity index is 3.28. The largest absolute Gasteiger partial charge is 0.401 e. The lowest BCUT2D eigenvalue weighted by atomic mass is 10.6. The molecule has 8 heteroatoms. The minimum atomic E-state index is -4.40. The SMILES string of the molecule is FC(F)(F)CNCNCC(F)(F)F. The maximum absolute atomic E-state index is 11.4. The van der Waals surface area contributed by atoms with Crippen LogP contribution in [0.15, 0.2) is 0 Å². The van der Waals surface area contributed by atoms with Gasteiger partial charge in [-0.15, -0.1) is 0 Å². The zero-order valence-electron chi connectivity index (χ0n) is 6.39. The second-order valence-corrected chi connectivity index (χ2v) is 2.26. The summed E-state index contributed by atoms with van der Waals surface area (Å²) < 4.78 is 68.4. The van der Waals surface area contributed by atoms with Crippen LogP contribution in [0.4, 0.5) is 26.3 Å². The van der Waals surface area contributed by atoms with Crippen molar-refractivity contribution in [1.29, 1.82) is 0 Å². The molecule has 0 bridgehead atoms. The molecule has 0 aliphatic rings. The fourth-order valence-corrected chi connectivity index (χ4v) is 0.497. The van der Waals surface area contributed by atoms with Crippen LogP contribution in [-0.4, -0.2) is 32.1 Å². The first-order valence-corrected chi connectivity index (χ1v) is 3.26. The highest BCUT2D eigenvalue weighted by Crippen LogP contribution is 2.12. The van der Waals surface area contributed by atoms with E-state index < -0.39 is 32.1 Å². The molecular weight excluding hydrogens is 202 g/mol. The lowest BCUT2D eigenvalue weighted by Gasteiger charge is -2.10. The fraction of sp³-hybridized carbons (Fsp3) is 1.00. The standard InChI is InChI=1S/C5H8F6N2/c6-4(7,8)1-12-3-13-2-5(9,10)11/h12-13H,1-3H2. The normalized spacial score (nSPS) is 13.4. The molecule has 0 aliphatic carbocycles. The lowest BCUT2D eigenvalue weighted by molar-refractivity contribution is -0.129. The van der Waals surface area contributed by atoms with Crippen LogP contribution in [0.3, 0.4) is 0 Å². The van der Waals surface area contributed by atoms with E-state index in [-0.39, 0.29) is 0 Å². The van der Waals surface area contributed by atoms with Crippen LogP contribution in [-0.2, 0) is 0 Å². The quantitative estimate of drug-likeness (QED) is 0.414. The summed E-state index contributed by atoms with van der Waals surface area (Å²) in [7, 11) is 0. The van der Waals surface area contributed by atoms with Gasteiger partial charge in [0.25, 0.3) is 0 Å². The molecule has 0 atom stereocenters. The van der Waals surface area contributed by atoms with Crippen LogP contribution in [0.25, 0.3) is 0 Å². The van der Waals surface area contributed by atoms with Crippen LogP contribution < -0.4 is 10.6 Å². The van der Waals surface area contributed by atoms with Crippen LogP contribution >= 0.6 is 0 Å². The van der Waals surface area contributed by atoms with Gasteiger partial charge in [0.1, 0.15) is 0 Å². The van der Waals surface area contributed by atoms with Crippen LogP contribution in [0.2, 0.25) is 0 Å². The predicted molar refractivity (Wildman–Crippen MR) is 33.0 cm³/mol. The molecule has 0 radical (unpaired) electrons. The number of alkyl halides is 6. The minimum absolute atomic E-state index is 0.529. The van der Waals surface area contributed by atoms with Gasteiger partial charge >= 0.3 is 12.4 Å². The van der Waals surface area contributed by atoms with Crippen molar-refractivity contribution >= 4 is 0 Å². The van der Waals surface area contributed by atoms with Crippen molar-refractivity contribution < 1.29 is 26.3 Å². The summed E-state index contributed by atoms with van der Waals surface area (Å²) in [5.74, 6) is 0. The van der Waals surface area contributed by atoms with E-state index in [1.165, 1.54) is 0 Å². The highest BCUT2D eigenvalue weighted by Gasteiger charge is 2.28. The molecule has 0 spiro atoms. The molecule has 0 aromatic heterocycles. The topological polar surface area (TPSA) is 24.1 Å². The van der Waals surface area contributed by atoms with Crippen LogP contribution in [0, 0.1) is 0 Å². The number of nitrogens with one attached hydrogen (secondary N) is 2. The minimum Gasteiger partial charge on any atom is -0.296 e. The zero-order chi connectivity index (χ0) is 10.5. The summed E-state index contributed by atoms with van der Waals surface area (Å²) in [4.78, 5) is 0. The summed E-state index contributed by atoms with van der Waals surface area (Å²) in [6.45, 7) is -3.14. The highest BCUT2D eigenvalue weighted by atomic mass is 19.4. The Hall–Kier alpha value is -0.500. The Morgan fingerprint density at radius 1 is 0.692 bits per heavy atom. The molecular formula is C5H8F6N2. The van der Waals surface area contributed by atoms with Crippen molar-refractivity contribution in [3.05, 3.63) is 0 Å². The smallest absolute Gasteiger partial charge is 0.296 e. The number of hydrogen-bond acceptors (Lipinski definition) is 2. The first kappa shape index (κ1) is 12.5. The average molecular weight is 210 g/mol. The first-order valence-electron chi connectivity index (χ1n) is 3.26. The molecule has 0 aromatic rings. The van der Waals surface area contributed by atoms with E-state index in [1.54, 1.807) is 10.6 Å². The summed E-state index contributed by atoms with van der Waals surface area (Å²) in [6, 6.07) is 0.